The summed E-state index contributed by atoms with van der Waals surface area (Å²) in [6.45, 7) is 3.90. The van der Waals surface area contributed by atoms with Crippen LogP contribution in [0.5, 0.6) is 0 Å². The van der Waals surface area contributed by atoms with E-state index in [1.807, 2.05) is 24.3 Å². The molecule has 1 aromatic carbocycles. The van der Waals surface area contributed by atoms with Crippen molar-refractivity contribution < 1.29 is 9.59 Å². The van der Waals surface area contributed by atoms with Gasteiger partial charge in [0, 0.05) is 25.6 Å². The molecular weight excluding hydrogens is 304 g/mol. The van der Waals surface area contributed by atoms with Gasteiger partial charge in [-0.25, -0.2) is 0 Å². The Morgan fingerprint density at radius 1 is 1.08 bits per heavy atom. The number of rotatable bonds is 5. The number of benzene rings is 1. The number of nitrogens with two attached hydrogens (primary N) is 2. The van der Waals surface area contributed by atoms with E-state index in [9.17, 15) is 9.59 Å². The first-order valence-corrected chi connectivity index (χ1v) is 8.67. The molecule has 2 aliphatic heterocycles. The Balaban J connectivity index is 1.70. The third-order valence-corrected chi connectivity index (χ3v) is 5.24. The summed E-state index contributed by atoms with van der Waals surface area (Å²) in [6, 6.07) is 7.94. The van der Waals surface area contributed by atoms with Crippen LogP contribution in [0.3, 0.4) is 0 Å². The average Bonchev–Trinajstić information content (AvgIpc) is 3.24. The summed E-state index contributed by atoms with van der Waals surface area (Å²) in [5, 5.41) is 0. The van der Waals surface area contributed by atoms with E-state index in [0.29, 0.717) is 26.2 Å². The number of hydrogen-bond acceptors (Lipinski definition) is 4. The molecule has 2 fully saturated rings. The highest BCUT2D eigenvalue weighted by Crippen LogP contribution is 2.33. The van der Waals surface area contributed by atoms with E-state index in [1.54, 1.807) is 4.90 Å². The molecule has 2 atom stereocenters. The summed E-state index contributed by atoms with van der Waals surface area (Å²) in [5.74, 6) is -0.586. The van der Waals surface area contributed by atoms with E-state index in [2.05, 4.69) is 4.90 Å². The first-order chi connectivity index (χ1) is 11.6. The average molecular weight is 330 g/mol. The molecule has 0 spiro atoms. The van der Waals surface area contributed by atoms with Gasteiger partial charge in [0.25, 0.3) is 0 Å². The van der Waals surface area contributed by atoms with Crippen LogP contribution in [0.15, 0.2) is 24.3 Å². The van der Waals surface area contributed by atoms with Gasteiger partial charge >= 0.3 is 0 Å². The van der Waals surface area contributed by atoms with Crippen molar-refractivity contribution in [2.24, 2.45) is 17.4 Å². The fraction of sp³-hybridized carbons (Fsp3) is 0.556. The van der Waals surface area contributed by atoms with Crippen molar-refractivity contribution in [3.63, 3.8) is 0 Å². The number of carbonyl (C=O) groups excluding carboxylic acids is 2. The highest BCUT2D eigenvalue weighted by molar-refractivity contribution is 5.83. The van der Waals surface area contributed by atoms with Crippen molar-refractivity contribution in [3.8, 4) is 0 Å². The van der Waals surface area contributed by atoms with Gasteiger partial charge in [-0.15, -0.1) is 0 Å². The molecular formula is C18H26N4O2. The van der Waals surface area contributed by atoms with Crippen LogP contribution in [0.25, 0.3) is 0 Å². The monoisotopic (exact) mass is 330 g/mol. The van der Waals surface area contributed by atoms with Crippen LogP contribution in [-0.2, 0) is 16.1 Å². The molecule has 1 aromatic rings. The fourth-order valence-corrected chi connectivity index (χ4v) is 3.77. The Morgan fingerprint density at radius 2 is 1.75 bits per heavy atom. The summed E-state index contributed by atoms with van der Waals surface area (Å²) < 4.78 is 0. The van der Waals surface area contributed by atoms with E-state index in [4.69, 9.17) is 11.5 Å². The van der Waals surface area contributed by atoms with E-state index < -0.39 is 0 Å². The number of amides is 2. The van der Waals surface area contributed by atoms with Gasteiger partial charge in [-0.3, -0.25) is 14.5 Å². The molecule has 6 heteroatoms. The lowest BCUT2D eigenvalue weighted by molar-refractivity contribution is -0.131. The molecule has 0 bridgehead atoms. The molecule has 6 nitrogen and oxygen atoms in total. The SMILES string of the molecule is NCc1ccc([C@H]2CN(C(=O)CN3CCCC3)C[C@@H]2C(N)=O)cc1. The Bertz CT molecular complexity index is 596. The summed E-state index contributed by atoms with van der Waals surface area (Å²) in [7, 11) is 0. The largest absolute Gasteiger partial charge is 0.369 e. The van der Waals surface area contributed by atoms with Gasteiger partial charge in [0.1, 0.15) is 0 Å². The Labute approximate surface area is 142 Å². The molecule has 130 valence electrons. The smallest absolute Gasteiger partial charge is 0.236 e. The Morgan fingerprint density at radius 3 is 2.33 bits per heavy atom. The van der Waals surface area contributed by atoms with Crippen LogP contribution in [0.1, 0.15) is 29.9 Å². The quantitative estimate of drug-likeness (QED) is 0.810. The number of hydrogen-bond donors (Lipinski definition) is 2. The molecule has 0 saturated carbocycles. The van der Waals surface area contributed by atoms with Crippen molar-refractivity contribution in [2.45, 2.75) is 25.3 Å². The van der Waals surface area contributed by atoms with Crippen molar-refractivity contribution in [3.05, 3.63) is 35.4 Å². The number of nitrogens with zero attached hydrogens (tertiary/aromatic N) is 2. The lowest BCUT2D eigenvalue weighted by Crippen LogP contribution is -2.39. The van der Waals surface area contributed by atoms with Crippen LogP contribution in [0.2, 0.25) is 0 Å². The Kier molecular flexibility index (Phi) is 5.16. The predicted molar refractivity (Wildman–Crippen MR) is 92.0 cm³/mol. The maximum Gasteiger partial charge on any atom is 0.236 e. The molecule has 3 rings (SSSR count). The minimum atomic E-state index is -0.334. The van der Waals surface area contributed by atoms with Crippen molar-refractivity contribution >= 4 is 11.8 Å². The second kappa shape index (κ2) is 7.32. The first-order valence-electron chi connectivity index (χ1n) is 8.67. The molecule has 0 radical (unpaired) electrons. The minimum Gasteiger partial charge on any atom is -0.369 e. The predicted octanol–water partition coefficient (Wildman–Crippen LogP) is 0.268. The molecule has 2 saturated heterocycles. The Hall–Kier alpha value is -1.92. The molecule has 0 aromatic heterocycles. The maximum atomic E-state index is 12.6. The maximum absolute atomic E-state index is 12.6. The van der Waals surface area contributed by atoms with E-state index in [-0.39, 0.29) is 23.7 Å². The number of primary amides is 1. The van der Waals surface area contributed by atoms with Crippen molar-refractivity contribution in [2.75, 3.05) is 32.7 Å². The van der Waals surface area contributed by atoms with E-state index in [0.717, 1.165) is 37.1 Å². The molecule has 24 heavy (non-hydrogen) atoms. The number of likely N-dealkylation sites (tertiary alicyclic amines) is 2. The van der Waals surface area contributed by atoms with Gasteiger partial charge in [0.05, 0.1) is 12.5 Å². The molecule has 2 amide bonds. The highest BCUT2D eigenvalue weighted by atomic mass is 16.2. The van der Waals surface area contributed by atoms with Crippen LogP contribution >= 0.6 is 0 Å². The molecule has 0 unspecified atom stereocenters. The summed E-state index contributed by atoms with van der Waals surface area (Å²) >= 11 is 0. The van der Waals surface area contributed by atoms with Crippen LogP contribution in [0, 0.1) is 5.92 Å². The van der Waals surface area contributed by atoms with E-state index >= 15 is 0 Å². The van der Waals surface area contributed by atoms with Crippen LogP contribution < -0.4 is 11.5 Å². The van der Waals surface area contributed by atoms with Gasteiger partial charge in [0.2, 0.25) is 11.8 Å². The zero-order valence-electron chi connectivity index (χ0n) is 14.0. The zero-order chi connectivity index (χ0) is 17.1. The van der Waals surface area contributed by atoms with Gasteiger partial charge in [-0.1, -0.05) is 24.3 Å². The molecule has 4 N–H and O–H groups in total. The van der Waals surface area contributed by atoms with Gasteiger partial charge in [-0.2, -0.15) is 0 Å². The lowest BCUT2D eigenvalue weighted by atomic mass is 9.88. The molecule has 2 aliphatic rings. The first kappa shape index (κ1) is 16.9. The third kappa shape index (κ3) is 3.60. The zero-order valence-corrected chi connectivity index (χ0v) is 14.0. The minimum absolute atomic E-state index is 0.0307. The van der Waals surface area contributed by atoms with Gasteiger partial charge in [0.15, 0.2) is 0 Å². The fourth-order valence-electron chi connectivity index (χ4n) is 3.77. The summed E-state index contributed by atoms with van der Waals surface area (Å²) in [4.78, 5) is 28.4. The van der Waals surface area contributed by atoms with E-state index in [1.165, 1.54) is 0 Å². The standard InChI is InChI=1S/C18H26N4O2/c19-9-13-3-5-14(6-4-13)15-10-22(11-16(15)18(20)24)17(23)12-21-7-1-2-8-21/h3-6,15-16H,1-2,7-12,19H2,(H2,20,24)/t15-,16+/m1/s1. The molecule has 2 heterocycles. The normalized spacial score (nSPS) is 24.5. The van der Waals surface area contributed by atoms with Crippen LogP contribution in [0.4, 0.5) is 0 Å². The second-order valence-electron chi connectivity index (χ2n) is 6.84. The third-order valence-electron chi connectivity index (χ3n) is 5.24. The molecule has 0 aliphatic carbocycles. The van der Waals surface area contributed by atoms with Crippen LogP contribution in [-0.4, -0.2) is 54.3 Å². The van der Waals surface area contributed by atoms with Crippen molar-refractivity contribution in [1.29, 1.82) is 0 Å². The van der Waals surface area contributed by atoms with Crippen molar-refractivity contribution in [1.82, 2.24) is 9.80 Å². The summed E-state index contributed by atoms with van der Waals surface area (Å²) in [6.07, 6.45) is 2.32. The topological polar surface area (TPSA) is 92.7 Å². The van der Waals surface area contributed by atoms with Gasteiger partial charge in [-0.05, 0) is 37.1 Å². The highest BCUT2D eigenvalue weighted by Gasteiger charge is 2.39. The second-order valence-corrected chi connectivity index (χ2v) is 6.84. The van der Waals surface area contributed by atoms with Gasteiger partial charge < -0.3 is 16.4 Å². The number of carbonyl (C=O) groups is 2. The summed E-state index contributed by atoms with van der Waals surface area (Å²) in [5.41, 5.74) is 13.3. The lowest BCUT2D eigenvalue weighted by Gasteiger charge is -2.21.